The molecule has 0 saturated carbocycles. The number of oxime groups is 1. The van der Waals surface area contributed by atoms with Crippen LogP contribution in [0.5, 0.6) is 23.0 Å². The zero-order chi connectivity index (χ0) is 48.1. The highest BCUT2D eigenvalue weighted by atomic mass is 16.5. The summed E-state index contributed by atoms with van der Waals surface area (Å²) >= 11 is 0. The molecule has 0 amide bonds. The molecule has 17 heteroatoms. The van der Waals surface area contributed by atoms with Gasteiger partial charge in [0.25, 0.3) is 0 Å². The molecule has 2 aromatic heterocycles. The Balaban J connectivity index is 0.000000265. The number of methoxy groups -OCH3 is 4. The van der Waals surface area contributed by atoms with Crippen molar-refractivity contribution in [1.29, 1.82) is 0 Å². The maximum atomic E-state index is 13.1. The van der Waals surface area contributed by atoms with E-state index in [1.807, 2.05) is 52.0 Å². The van der Waals surface area contributed by atoms with Gasteiger partial charge in [-0.15, -0.1) is 0 Å². The number of nitrogens with two attached hydrogens (primary N) is 1. The average molecular weight is 894 g/mol. The zero-order valence-electron chi connectivity index (χ0n) is 38.4. The van der Waals surface area contributed by atoms with Crippen molar-refractivity contribution in [3.8, 4) is 68.3 Å². The molecular formula is C49H51N9O8. The van der Waals surface area contributed by atoms with Crippen LogP contribution in [0, 0.1) is 52.0 Å². The number of rotatable bonds is 11. The van der Waals surface area contributed by atoms with Gasteiger partial charge in [0.15, 0.2) is 22.9 Å². The van der Waals surface area contributed by atoms with Gasteiger partial charge in [-0.1, -0.05) is 23.4 Å². The van der Waals surface area contributed by atoms with Crippen molar-refractivity contribution in [3.05, 3.63) is 152 Å². The van der Waals surface area contributed by atoms with Crippen molar-refractivity contribution in [3.63, 3.8) is 0 Å². The van der Waals surface area contributed by atoms with Crippen molar-refractivity contribution < 1.29 is 38.4 Å². The number of aldehydes is 1. The van der Waals surface area contributed by atoms with Crippen molar-refractivity contribution in [2.45, 2.75) is 41.5 Å². The minimum Gasteiger partial charge on any atom is -0.710 e. The number of hydrogen-bond acceptors (Lipinski definition) is 15. The molecule has 3 N–H and O–H groups in total. The molecule has 0 unspecified atom stereocenters. The number of hydrazone groups is 1. The molecule has 0 bridgehead atoms. The van der Waals surface area contributed by atoms with Crippen LogP contribution in [0.2, 0.25) is 0 Å². The largest absolute Gasteiger partial charge is 0.710 e. The van der Waals surface area contributed by atoms with Gasteiger partial charge in [0, 0.05) is 22.3 Å². The Morgan fingerprint density at radius 1 is 0.621 bits per heavy atom. The Bertz CT molecular complexity index is 2850. The fourth-order valence-corrected chi connectivity index (χ4v) is 6.67. The Labute approximate surface area is 382 Å². The van der Waals surface area contributed by atoms with Gasteiger partial charge in [-0.05, 0) is 152 Å². The van der Waals surface area contributed by atoms with Gasteiger partial charge in [0.1, 0.15) is 30.1 Å². The summed E-state index contributed by atoms with van der Waals surface area (Å²) in [7, 11) is 6.09. The van der Waals surface area contributed by atoms with Crippen LogP contribution in [0.25, 0.3) is 45.3 Å². The standard InChI is InChI=1S/C30H28N6O5.C11H15N3O.C8H8O2/c1-17-10-22(11-18(2)19(17)3)24-15-35(37)29(33-31-24)20-8-7-9-21(12-20)30-34-32-25(16-36(30)38)23-13-26(39-4)28(41-6)27(14-23)40-5;1-7-4-10(5-8(2)9(7)3)11(14-12)6-13-15;1-10-8-4-2-3-7(5-8)6-9/h7-16H,1-6H3;4-6,15H,12H2,1-3H3;2-6H,1H3/b;13-6+,14-11+;. The molecule has 0 spiro atoms. The molecule has 0 fully saturated rings. The molecule has 0 aliphatic heterocycles. The molecule has 7 aromatic rings. The summed E-state index contributed by atoms with van der Waals surface area (Å²) in [5, 5.41) is 58.0. The number of carbonyl (C=O) groups excluding carboxylic acids is 1. The molecule has 0 aliphatic carbocycles. The van der Waals surface area contributed by atoms with E-state index in [0.29, 0.717) is 71.8 Å². The number of carbonyl (C=O) groups is 1. The Morgan fingerprint density at radius 3 is 1.53 bits per heavy atom. The smallest absolute Gasteiger partial charge is 0.360 e. The monoisotopic (exact) mass is 893 g/mol. The van der Waals surface area contributed by atoms with E-state index in [9.17, 15) is 15.2 Å². The molecule has 340 valence electrons. The van der Waals surface area contributed by atoms with Gasteiger partial charge in [-0.25, -0.2) is 9.46 Å². The van der Waals surface area contributed by atoms with E-state index in [0.717, 1.165) is 39.7 Å². The van der Waals surface area contributed by atoms with Crippen LogP contribution in [0.4, 0.5) is 0 Å². The highest BCUT2D eigenvalue weighted by molar-refractivity contribution is 6.38. The second-order valence-corrected chi connectivity index (χ2v) is 14.8. The first-order valence-electron chi connectivity index (χ1n) is 20.3. The minimum atomic E-state index is 0.0516. The van der Waals surface area contributed by atoms with Crippen LogP contribution in [0.3, 0.4) is 0 Å². The van der Waals surface area contributed by atoms with E-state index in [-0.39, 0.29) is 11.6 Å². The van der Waals surface area contributed by atoms with E-state index >= 15 is 0 Å². The SMILES string of the molecule is COc1cc(-c2c[n+]([O-])c(-c3cccc(-c4nnc(-c5cc(C)c(C)c(C)c5)c[n+]4[O-])c3)nn2)cc(OC)c1OC.COc1cccc(C=O)c1.Cc1cc(C(/C=N/O)=N/N)cc(C)c1C. The van der Waals surface area contributed by atoms with E-state index in [1.165, 1.54) is 51.1 Å². The van der Waals surface area contributed by atoms with Gasteiger partial charge < -0.3 is 40.4 Å². The first kappa shape index (κ1) is 48.6. The molecule has 0 saturated heterocycles. The molecule has 0 atom stereocenters. The van der Waals surface area contributed by atoms with E-state index in [2.05, 4.69) is 44.5 Å². The molecular weight excluding hydrogens is 843 g/mol. The molecule has 7 rings (SSSR count). The second kappa shape index (κ2) is 22.2. The lowest BCUT2D eigenvalue weighted by Gasteiger charge is -2.14. The normalized spacial score (nSPS) is 10.9. The Hall–Kier alpha value is -8.47. The highest BCUT2D eigenvalue weighted by Gasteiger charge is 2.22. The lowest BCUT2D eigenvalue weighted by atomic mass is 9.98. The molecule has 0 aliphatic rings. The van der Waals surface area contributed by atoms with Crippen molar-refractivity contribution in [2.24, 2.45) is 16.1 Å². The molecule has 0 radical (unpaired) electrons. The van der Waals surface area contributed by atoms with Gasteiger partial charge >= 0.3 is 11.6 Å². The Morgan fingerprint density at radius 2 is 1.11 bits per heavy atom. The molecule has 17 nitrogen and oxygen atoms in total. The summed E-state index contributed by atoms with van der Waals surface area (Å²) in [4.78, 5) is 10.2. The maximum Gasteiger partial charge on any atom is 0.360 e. The van der Waals surface area contributed by atoms with Crippen LogP contribution in [0.15, 0.2) is 108 Å². The molecule has 66 heavy (non-hydrogen) atoms. The summed E-state index contributed by atoms with van der Waals surface area (Å²) in [6.07, 6.45) is 4.73. The average Bonchev–Trinajstić information content (AvgIpc) is 3.33. The summed E-state index contributed by atoms with van der Waals surface area (Å²) in [6.45, 7) is 12.2. The number of ether oxygens (including phenoxy) is 4. The summed E-state index contributed by atoms with van der Waals surface area (Å²) in [6, 6.07) is 25.0. The highest BCUT2D eigenvalue weighted by Crippen LogP contribution is 2.40. The van der Waals surface area contributed by atoms with E-state index in [1.54, 1.807) is 67.8 Å². The third-order valence-corrected chi connectivity index (χ3v) is 10.7. The first-order chi connectivity index (χ1) is 31.7. The van der Waals surface area contributed by atoms with Gasteiger partial charge in [0.05, 0.1) is 56.0 Å². The minimum absolute atomic E-state index is 0.0516. The number of hydrogen-bond donors (Lipinski definition) is 2. The number of aromatic nitrogens is 6. The van der Waals surface area contributed by atoms with Gasteiger partial charge in [-0.2, -0.15) is 5.10 Å². The van der Waals surface area contributed by atoms with Crippen LogP contribution >= 0.6 is 0 Å². The number of benzene rings is 5. The lowest BCUT2D eigenvalue weighted by molar-refractivity contribution is -0.597. The van der Waals surface area contributed by atoms with Crippen molar-refractivity contribution in [2.75, 3.05) is 28.4 Å². The van der Waals surface area contributed by atoms with E-state index in [4.69, 9.17) is 30.0 Å². The van der Waals surface area contributed by atoms with Crippen LogP contribution in [0.1, 0.15) is 49.3 Å². The van der Waals surface area contributed by atoms with Crippen LogP contribution < -0.4 is 34.3 Å². The van der Waals surface area contributed by atoms with Crippen molar-refractivity contribution in [1.82, 2.24) is 20.4 Å². The fourth-order valence-electron chi connectivity index (χ4n) is 6.67. The number of nitrogens with zero attached hydrogens (tertiary/aromatic N) is 8. The van der Waals surface area contributed by atoms with Gasteiger partial charge in [-0.3, -0.25) is 4.79 Å². The van der Waals surface area contributed by atoms with E-state index < -0.39 is 0 Å². The number of aryl methyl sites for hydroxylation is 4. The van der Waals surface area contributed by atoms with Crippen LogP contribution in [-0.2, 0) is 0 Å². The summed E-state index contributed by atoms with van der Waals surface area (Å²) < 4.78 is 22.4. The quantitative estimate of drug-likeness (QED) is 0.0246. The predicted molar refractivity (Wildman–Crippen MR) is 251 cm³/mol. The van der Waals surface area contributed by atoms with Gasteiger partial charge in [0.2, 0.25) is 5.75 Å². The fraction of sp³-hybridized carbons (Fsp3) is 0.204. The Kier molecular flexibility index (Phi) is 16.4. The molecule has 2 heterocycles. The maximum absolute atomic E-state index is 13.1. The third kappa shape index (κ3) is 11.4. The molecule has 5 aromatic carbocycles. The first-order valence-corrected chi connectivity index (χ1v) is 20.3. The zero-order valence-corrected chi connectivity index (χ0v) is 38.4. The van der Waals surface area contributed by atoms with Crippen molar-refractivity contribution >= 4 is 18.2 Å². The summed E-state index contributed by atoms with van der Waals surface area (Å²) in [5.41, 5.74) is 12.0. The third-order valence-electron chi connectivity index (χ3n) is 10.7. The predicted octanol–water partition coefficient (Wildman–Crippen LogP) is 7.39. The second-order valence-electron chi connectivity index (χ2n) is 14.8. The summed E-state index contributed by atoms with van der Waals surface area (Å²) in [5.74, 6) is 7.33. The van der Waals surface area contributed by atoms with Crippen LogP contribution in [-0.4, -0.2) is 72.3 Å². The lowest BCUT2D eigenvalue weighted by Crippen LogP contribution is -2.32. The topological polar surface area (TPSA) is 230 Å².